The molecule has 344 valence electrons. The first-order valence-electron chi connectivity index (χ1n) is 23.1. The van der Waals surface area contributed by atoms with Gasteiger partial charge in [0, 0.05) is 86.5 Å². The summed E-state index contributed by atoms with van der Waals surface area (Å²) in [4.78, 5) is 67.4. The molecule has 10 rings (SSSR count). The number of hydrogen-bond donors (Lipinski definition) is 3. The average Bonchev–Trinajstić information content (AvgIpc) is 3.54. The summed E-state index contributed by atoms with van der Waals surface area (Å²) < 4.78 is 22.6. The van der Waals surface area contributed by atoms with Crippen LogP contribution in [0.25, 0.3) is 10.9 Å². The van der Waals surface area contributed by atoms with Gasteiger partial charge in [0.1, 0.15) is 30.0 Å². The fourth-order valence-electron chi connectivity index (χ4n) is 12.2. The largest absolute Gasteiger partial charge is 0.488 e. The normalized spacial score (nSPS) is 27.2. The van der Waals surface area contributed by atoms with Gasteiger partial charge in [0.2, 0.25) is 5.91 Å². The third-order valence-corrected chi connectivity index (χ3v) is 15.4. The van der Waals surface area contributed by atoms with Crippen LogP contribution >= 0.6 is 0 Å². The molecule has 6 aliphatic rings. The number of amides is 4. The molecule has 15 nitrogen and oxygen atoms in total. The lowest BCUT2D eigenvalue weighted by molar-refractivity contribution is -0.131. The van der Waals surface area contributed by atoms with Gasteiger partial charge in [0.25, 0.3) is 17.7 Å². The number of rotatable bonds is 9. The van der Waals surface area contributed by atoms with Gasteiger partial charge < -0.3 is 35.2 Å². The van der Waals surface area contributed by atoms with Gasteiger partial charge in [-0.2, -0.15) is 5.26 Å². The van der Waals surface area contributed by atoms with E-state index in [0.717, 1.165) is 67.1 Å². The first-order valence-corrected chi connectivity index (χ1v) is 23.1. The topological polar surface area (TPSA) is 175 Å². The molecule has 3 N–H and O–H groups in total. The molecule has 1 aliphatic carbocycles. The van der Waals surface area contributed by atoms with Gasteiger partial charge in [0.15, 0.2) is 0 Å². The Hall–Kier alpha value is -6.15. The molecule has 4 unspecified atom stereocenters. The summed E-state index contributed by atoms with van der Waals surface area (Å²) >= 11 is 0. The average molecular weight is 898 g/mol. The van der Waals surface area contributed by atoms with Crippen LogP contribution in [-0.4, -0.2) is 139 Å². The lowest BCUT2D eigenvalue weighted by Gasteiger charge is -2.66. The standard InChI is InChI=1S/C50H56FN9O6/c1-49(2)47(50(3)35-14-17-53-42-30(24-52)7-12-39(41(35)42)66-48(49)50)55-43(62)29-6-10-37(36(51)22-29)57-18-15-28(16-19-57)25-58-20-21-59(27-32(58)26-56(4)5)31-8-9-33-34(23-31)46(65)60(45(33)64)38-11-13-40(61)54-44(38)63/h6-10,12,14,17,22-23,28,32,38,44,47-48,63H,11,13,15-16,18-21,25-27H2,1-5H3,(H,54,61)(H,55,62)/t32-,38?,44?,47?,48-,50?/m0/s1. The number of pyridine rings is 1. The SMILES string of the molecule is CN(C)C[C@H]1CN(c2ccc3c(c2)C(=O)N(C2CCC(=O)NC2O)C3=O)CCN1CC1CCN(c2ccc(C(=O)NC3C(C)(C)[C@@H]4Oc5ccc(C#N)c6nccc(c56)C34C)cc2F)CC1. The molecule has 1 saturated carbocycles. The molecule has 4 aromatic rings. The van der Waals surface area contributed by atoms with Crippen LogP contribution in [0.5, 0.6) is 5.75 Å². The number of nitrogens with zero attached hydrogens (tertiary/aromatic N) is 7. The quantitative estimate of drug-likeness (QED) is 0.204. The van der Waals surface area contributed by atoms with Crippen molar-refractivity contribution in [3.8, 4) is 11.8 Å². The van der Waals surface area contributed by atoms with Crippen molar-refractivity contribution in [2.45, 2.75) is 82.3 Å². The van der Waals surface area contributed by atoms with E-state index in [4.69, 9.17) is 4.74 Å². The fraction of sp³-hybridized carbons (Fsp3) is 0.480. The second-order valence-electron chi connectivity index (χ2n) is 20.1. The number of piperidine rings is 2. The molecule has 66 heavy (non-hydrogen) atoms. The van der Waals surface area contributed by atoms with Crippen molar-refractivity contribution in [1.29, 1.82) is 5.26 Å². The van der Waals surface area contributed by atoms with Crippen LogP contribution in [0.3, 0.4) is 0 Å². The summed E-state index contributed by atoms with van der Waals surface area (Å²) in [7, 11) is 4.13. The molecule has 4 fully saturated rings. The molecule has 6 atom stereocenters. The summed E-state index contributed by atoms with van der Waals surface area (Å²) in [5.41, 5.74) is 3.18. The molecule has 0 spiro atoms. The predicted molar refractivity (Wildman–Crippen MR) is 245 cm³/mol. The predicted octanol–water partition coefficient (Wildman–Crippen LogP) is 4.26. The third-order valence-electron chi connectivity index (χ3n) is 15.4. The number of hydrogen-bond acceptors (Lipinski definition) is 12. The number of aliphatic hydroxyl groups is 1. The highest BCUT2D eigenvalue weighted by molar-refractivity contribution is 6.22. The van der Waals surface area contributed by atoms with Crippen molar-refractivity contribution in [3.63, 3.8) is 0 Å². The number of anilines is 2. The zero-order chi connectivity index (χ0) is 46.4. The smallest absolute Gasteiger partial charge is 0.262 e. The van der Waals surface area contributed by atoms with E-state index in [1.54, 1.807) is 36.5 Å². The van der Waals surface area contributed by atoms with Gasteiger partial charge in [-0.05, 0) is 106 Å². The molecule has 3 aromatic carbocycles. The summed E-state index contributed by atoms with van der Waals surface area (Å²) in [6.45, 7) is 11.6. The number of nitriles is 1. The zero-order valence-electron chi connectivity index (χ0n) is 38.0. The molecule has 6 heterocycles. The Labute approximate surface area is 383 Å². The molecule has 16 heteroatoms. The molecular formula is C50H56FN9O6. The molecule has 0 radical (unpaired) electrons. The van der Waals surface area contributed by atoms with Crippen molar-refractivity contribution in [2.75, 3.05) is 69.7 Å². The van der Waals surface area contributed by atoms with E-state index in [1.807, 2.05) is 18.2 Å². The summed E-state index contributed by atoms with van der Waals surface area (Å²) in [6, 6.07) is 17.0. The number of imide groups is 1. The minimum absolute atomic E-state index is 0.129. The number of carbonyl (C=O) groups is 4. The van der Waals surface area contributed by atoms with E-state index in [9.17, 15) is 29.5 Å². The highest BCUT2D eigenvalue weighted by Gasteiger charge is 2.69. The number of carbonyl (C=O) groups excluding carboxylic acids is 4. The van der Waals surface area contributed by atoms with Crippen molar-refractivity contribution < 1.29 is 33.4 Å². The van der Waals surface area contributed by atoms with E-state index in [-0.39, 0.29) is 48.4 Å². The Morgan fingerprint density at radius 1 is 0.985 bits per heavy atom. The lowest BCUT2D eigenvalue weighted by Crippen LogP contribution is -2.78. The number of aromatic nitrogens is 1. The van der Waals surface area contributed by atoms with Crippen LogP contribution in [0, 0.1) is 28.5 Å². The molecule has 0 bridgehead atoms. The summed E-state index contributed by atoms with van der Waals surface area (Å²) in [6.07, 6.45) is 2.29. The second kappa shape index (κ2) is 16.3. The van der Waals surface area contributed by atoms with Crippen molar-refractivity contribution >= 4 is 45.9 Å². The minimum atomic E-state index is -1.30. The Morgan fingerprint density at radius 2 is 1.76 bits per heavy atom. The number of piperazine rings is 1. The van der Waals surface area contributed by atoms with Gasteiger partial charge >= 0.3 is 0 Å². The van der Waals surface area contributed by atoms with E-state index < -0.39 is 40.7 Å². The molecule has 3 saturated heterocycles. The lowest BCUT2D eigenvalue weighted by atomic mass is 9.45. The van der Waals surface area contributed by atoms with E-state index >= 15 is 4.39 Å². The highest BCUT2D eigenvalue weighted by atomic mass is 19.1. The molecule has 4 amide bonds. The van der Waals surface area contributed by atoms with Crippen LogP contribution in [0.4, 0.5) is 15.8 Å². The van der Waals surface area contributed by atoms with Crippen LogP contribution in [-0.2, 0) is 10.2 Å². The van der Waals surface area contributed by atoms with E-state index in [0.29, 0.717) is 52.7 Å². The molecule has 1 aromatic heterocycles. The summed E-state index contributed by atoms with van der Waals surface area (Å²) in [5.74, 6) is -0.906. The van der Waals surface area contributed by atoms with Gasteiger partial charge in [-0.15, -0.1) is 0 Å². The number of halogens is 1. The first kappa shape index (κ1) is 43.7. The van der Waals surface area contributed by atoms with Crippen LogP contribution in [0.15, 0.2) is 60.8 Å². The number of benzene rings is 3. The van der Waals surface area contributed by atoms with Crippen LogP contribution < -0.4 is 25.2 Å². The number of likely N-dealkylation sites (N-methyl/N-ethyl adjacent to an activating group) is 1. The maximum Gasteiger partial charge on any atom is 0.262 e. The van der Waals surface area contributed by atoms with Crippen molar-refractivity contribution in [3.05, 3.63) is 94.4 Å². The third kappa shape index (κ3) is 7.05. The number of aliphatic hydroxyl groups excluding tert-OH is 1. The van der Waals surface area contributed by atoms with E-state index in [2.05, 4.69) is 76.2 Å². The fourth-order valence-corrected chi connectivity index (χ4v) is 12.2. The molecule has 5 aliphatic heterocycles. The zero-order valence-corrected chi connectivity index (χ0v) is 38.0. The maximum absolute atomic E-state index is 16.0. The van der Waals surface area contributed by atoms with E-state index in [1.165, 1.54) is 6.07 Å². The maximum atomic E-state index is 16.0. The molecular weight excluding hydrogens is 842 g/mol. The summed E-state index contributed by atoms with van der Waals surface area (Å²) in [5, 5.41) is 26.8. The number of ether oxygens (including phenoxy) is 1. The van der Waals surface area contributed by atoms with Gasteiger partial charge in [-0.3, -0.25) is 34.0 Å². The van der Waals surface area contributed by atoms with Gasteiger partial charge in [-0.25, -0.2) is 4.39 Å². The van der Waals surface area contributed by atoms with Crippen LogP contribution in [0.1, 0.15) is 88.7 Å². The Bertz CT molecular complexity index is 2710. The minimum Gasteiger partial charge on any atom is -0.488 e. The van der Waals surface area contributed by atoms with Crippen molar-refractivity contribution in [1.82, 2.24) is 30.3 Å². The monoisotopic (exact) mass is 897 g/mol. The van der Waals surface area contributed by atoms with Gasteiger partial charge in [-0.1, -0.05) is 13.8 Å². The first-order chi connectivity index (χ1) is 31.6. The van der Waals surface area contributed by atoms with Crippen LogP contribution in [0.2, 0.25) is 0 Å². The Morgan fingerprint density at radius 3 is 2.48 bits per heavy atom. The van der Waals surface area contributed by atoms with Crippen molar-refractivity contribution in [2.24, 2.45) is 11.3 Å². The van der Waals surface area contributed by atoms with Gasteiger partial charge in [0.05, 0.1) is 45.4 Å². The number of nitrogens with one attached hydrogen (secondary N) is 2. The Balaban J connectivity index is 0.765. The number of fused-ring (bicyclic) bond motifs is 3. The highest BCUT2D eigenvalue weighted by Crippen LogP contribution is 2.61. The Kier molecular flexibility index (Phi) is 10.8. The second-order valence-corrected chi connectivity index (χ2v) is 20.1.